The van der Waals surface area contributed by atoms with Crippen LogP contribution in [0.4, 0.5) is 0 Å². The van der Waals surface area contributed by atoms with Gasteiger partial charge in [0.1, 0.15) is 53.7 Å². The van der Waals surface area contributed by atoms with E-state index in [1.54, 1.807) is 6.92 Å². The third kappa shape index (κ3) is 6.16. The van der Waals surface area contributed by atoms with Gasteiger partial charge in [0.15, 0.2) is 18.2 Å². The van der Waals surface area contributed by atoms with Crippen molar-refractivity contribution in [1.82, 2.24) is 0 Å². The Labute approximate surface area is 345 Å². The summed E-state index contributed by atoms with van der Waals surface area (Å²) in [6.45, 7) is 15.1. The van der Waals surface area contributed by atoms with Crippen molar-refractivity contribution in [3.8, 4) is 0 Å². The fourth-order valence-electron chi connectivity index (χ4n) is 13.7. The van der Waals surface area contributed by atoms with Crippen molar-refractivity contribution >= 4 is 16.4 Å². The summed E-state index contributed by atoms with van der Waals surface area (Å²) in [5, 5.41) is 68.2. The minimum absolute atomic E-state index is 0.0271. The molecule has 1 spiro atoms. The Morgan fingerprint density at radius 2 is 1.51 bits per heavy atom. The lowest BCUT2D eigenvalue weighted by Gasteiger charge is -2.64. The van der Waals surface area contributed by atoms with Crippen molar-refractivity contribution in [2.24, 2.45) is 33.5 Å². The molecule has 0 bridgehead atoms. The van der Waals surface area contributed by atoms with E-state index < -0.39 is 135 Å². The number of aliphatic hydroxyl groups is 6. The van der Waals surface area contributed by atoms with Crippen LogP contribution in [0.25, 0.3) is 0 Å². The molecule has 7 N–H and O–H groups in total. The lowest BCUT2D eigenvalue weighted by Crippen LogP contribution is -2.69. The van der Waals surface area contributed by atoms with E-state index in [0.29, 0.717) is 32.1 Å². The molecule has 4 aliphatic carbocycles. The second-order valence-electron chi connectivity index (χ2n) is 20.7. The summed E-state index contributed by atoms with van der Waals surface area (Å²) in [7, 11) is -5.04. The Bertz CT molecular complexity index is 1820. The summed E-state index contributed by atoms with van der Waals surface area (Å²) in [6, 6.07) is 0. The average Bonchev–Trinajstić information content (AvgIpc) is 3.70. The average molecular weight is 861 g/mol. The molecule has 4 heterocycles. The van der Waals surface area contributed by atoms with E-state index in [2.05, 4.69) is 25.0 Å². The third-order valence-corrected chi connectivity index (χ3v) is 17.4. The topological polar surface area (TPSA) is 257 Å². The maximum absolute atomic E-state index is 14.5. The summed E-state index contributed by atoms with van der Waals surface area (Å²) >= 11 is 0. The van der Waals surface area contributed by atoms with Gasteiger partial charge in [0.2, 0.25) is 0 Å². The number of cyclic esters (lactones) is 1. The van der Waals surface area contributed by atoms with Crippen molar-refractivity contribution in [3.05, 3.63) is 11.6 Å². The number of hydrogen-bond acceptors (Lipinski definition) is 16. The summed E-state index contributed by atoms with van der Waals surface area (Å²) in [5.74, 6) is -0.746. The van der Waals surface area contributed by atoms with Crippen LogP contribution >= 0.6 is 0 Å². The first kappa shape index (κ1) is 44.3. The Hall–Kier alpha value is -1.36. The third-order valence-electron chi connectivity index (χ3n) is 16.9. The molecule has 19 atom stereocenters. The fraction of sp³-hybridized carbons (Fsp3) is 0.927. The van der Waals surface area contributed by atoms with E-state index >= 15 is 0 Å². The maximum atomic E-state index is 14.5. The molecule has 3 saturated carbocycles. The van der Waals surface area contributed by atoms with Gasteiger partial charge in [-0.25, -0.2) is 4.18 Å². The molecule has 17 nitrogen and oxygen atoms in total. The van der Waals surface area contributed by atoms with Crippen LogP contribution in [0.3, 0.4) is 0 Å². The summed E-state index contributed by atoms with van der Waals surface area (Å²) in [6.07, 6.45) is -9.75. The van der Waals surface area contributed by atoms with E-state index in [9.17, 15) is 48.4 Å². The number of carbonyl (C=O) groups is 1. The highest BCUT2D eigenvalue weighted by molar-refractivity contribution is 7.80. The van der Waals surface area contributed by atoms with Crippen LogP contribution in [0.1, 0.15) is 107 Å². The molecule has 4 aliphatic heterocycles. The van der Waals surface area contributed by atoms with Crippen molar-refractivity contribution in [3.63, 3.8) is 0 Å². The lowest BCUT2D eigenvalue weighted by molar-refractivity contribution is -0.362. The number of hydrogen-bond donors (Lipinski definition) is 7. The smallest absolute Gasteiger partial charge is 0.397 e. The first-order valence-electron chi connectivity index (χ1n) is 21.2. The molecule has 0 aromatic carbocycles. The summed E-state index contributed by atoms with van der Waals surface area (Å²) in [5.41, 5.74) is -5.89. The van der Waals surface area contributed by atoms with Crippen LogP contribution in [0, 0.1) is 33.5 Å². The second-order valence-corrected chi connectivity index (χ2v) is 21.7. The number of aliphatic hydroxyl groups excluding tert-OH is 5. The SMILES string of the molecule is CC1OC(OC2C(OC3CCC4(C)C5=CC(O)C67C(=O)OC(C)(C8CCC(C)(C)O8)C6(O)CCC7(C)C5CCC4C3(C)C)OCC(OS(=O)(=O)O)C2O)C(O)C(O)C1O. The first-order chi connectivity index (χ1) is 27.2. The number of carbonyl (C=O) groups excluding carboxylic acids is 1. The normalized spacial score (nSPS) is 54.1. The van der Waals surface area contributed by atoms with Gasteiger partial charge in [0, 0.05) is 0 Å². The predicted octanol–water partition coefficient (Wildman–Crippen LogP) is 1.43. The van der Waals surface area contributed by atoms with Gasteiger partial charge in [0.05, 0.1) is 30.5 Å². The van der Waals surface area contributed by atoms with Gasteiger partial charge in [0.25, 0.3) is 0 Å². The first-order valence-corrected chi connectivity index (χ1v) is 22.5. The van der Waals surface area contributed by atoms with Crippen molar-refractivity contribution in [2.45, 2.75) is 197 Å². The molecule has 19 unspecified atom stereocenters. The zero-order valence-corrected chi connectivity index (χ0v) is 36.0. The van der Waals surface area contributed by atoms with Crippen LogP contribution in [0.5, 0.6) is 0 Å². The number of rotatable bonds is 7. The Morgan fingerprint density at radius 3 is 2.15 bits per heavy atom. The van der Waals surface area contributed by atoms with E-state index in [4.69, 9.17) is 28.4 Å². The van der Waals surface area contributed by atoms with Crippen molar-refractivity contribution < 1.29 is 81.0 Å². The summed E-state index contributed by atoms with van der Waals surface area (Å²) in [4.78, 5) is 14.5. The van der Waals surface area contributed by atoms with Crippen LogP contribution in [0.2, 0.25) is 0 Å². The Kier molecular flexibility index (Phi) is 10.6. The zero-order chi connectivity index (χ0) is 43.3. The van der Waals surface area contributed by atoms with Crippen molar-refractivity contribution in [1.29, 1.82) is 0 Å². The van der Waals surface area contributed by atoms with Crippen LogP contribution < -0.4 is 0 Å². The lowest BCUT2D eigenvalue weighted by atomic mass is 9.40. The summed E-state index contributed by atoms with van der Waals surface area (Å²) < 4.78 is 74.3. The standard InChI is InChI=1S/C41H64O17S/c1-19-27(43)29(45)30(46)32(53-19)55-31-28(44)22(58-59(49,50)51)18-52-33(31)54-25-12-14-37(6)21-17-24(42)41-34(47)57-39(8,26-11-13-35(2,3)56-26)40(41,48)16-15-38(41,7)20(21)9-10-23(37)36(25,4)5/h17,19-20,22-33,42-46,48H,9-16,18H2,1-8H3,(H,49,50,51). The second kappa shape index (κ2) is 14.1. The monoisotopic (exact) mass is 860 g/mol. The van der Waals surface area contributed by atoms with Gasteiger partial charge in [-0.3, -0.25) is 9.35 Å². The maximum Gasteiger partial charge on any atom is 0.397 e. The van der Waals surface area contributed by atoms with E-state index in [0.717, 1.165) is 18.4 Å². The molecule has 0 amide bonds. The number of ether oxygens (including phenoxy) is 6. The van der Waals surface area contributed by atoms with E-state index in [1.165, 1.54) is 6.92 Å². The zero-order valence-electron chi connectivity index (χ0n) is 35.1. The van der Waals surface area contributed by atoms with Crippen LogP contribution in [-0.2, 0) is 47.8 Å². The minimum atomic E-state index is -5.04. The molecule has 4 saturated heterocycles. The fourth-order valence-corrected chi connectivity index (χ4v) is 14.2. The number of esters is 1. The molecule has 59 heavy (non-hydrogen) atoms. The molecule has 7 fully saturated rings. The molecular formula is C41H64O17S. The van der Waals surface area contributed by atoms with Gasteiger partial charge in [-0.2, -0.15) is 8.42 Å². The molecule has 0 radical (unpaired) electrons. The minimum Gasteiger partial charge on any atom is -0.453 e. The number of allylic oxidation sites excluding steroid dienone is 1. The van der Waals surface area contributed by atoms with Gasteiger partial charge in [-0.15, -0.1) is 0 Å². The molecular weight excluding hydrogens is 797 g/mol. The molecule has 18 heteroatoms. The molecule has 8 rings (SSSR count). The molecule has 0 aromatic rings. The van der Waals surface area contributed by atoms with Gasteiger partial charge in [-0.1, -0.05) is 39.3 Å². The van der Waals surface area contributed by atoms with E-state index in [-0.39, 0.29) is 18.3 Å². The van der Waals surface area contributed by atoms with E-state index in [1.807, 2.05) is 26.8 Å². The van der Waals surface area contributed by atoms with Crippen molar-refractivity contribution in [2.75, 3.05) is 6.61 Å². The number of fused-ring (bicyclic) bond motifs is 4. The Morgan fingerprint density at radius 1 is 0.814 bits per heavy atom. The highest BCUT2D eigenvalue weighted by atomic mass is 32.3. The largest absolute Gasteiger partial charge is 0.453 e. The Balaban J connectivity index is 1.07. The predicted molar refractivity (Wildman–Crippen MR) is 203 cm³/mol. The van der Waals surface area contributed by atoms with Gasteiger partial charge in [-0.05, 0) is 107 Å². The molecule has 0 aromatic heterocycles. The van der Waals surface area contributed by atoms with Crippen LogP contribution in [-0.4, -0.2) is 147 Å². The molecule has 8 aliphatic rings. The van der Waals surface area contributed by atoms with Crippen LogP contribution in [0.15, 0.2) is 11.6 Å². The van der Waals surface area contributed by atoms with Gasteiger partial charge < -0.3 is 59.1 Å². The van der Waals surface area contributed by atoms with Gasteiger partial charge >= 0.3 is 16.4 Å². The molecule has 336 valence electrons. The highest BCUT2D eigenvalue weighted by Crippen LogP contribution is 2.77. The quantitative estimate of drug-likeness (QED) is 0.0827. The highest BCUT2D eigenvalue weighted by Gasteiger charge is 2.87.